The monoisotopic (exact) mass is 470 g/mol. The molecule has 3 aromatic rings. The van der Waals surface area contributed by atoms with Gasteiger partial charge in [0.2, 0.25) is 10.0 Å². The molecule has 0 atom stereocenters. The van der Waals surface area contributed by atoms with Crippen molar-refractivity contribution in [2.24, 2.45) is 0 Å². The van der Waals surface area contributed by atoms with Gasteiger partial charge in [0.25, 0.3) is 5.91 Å². The summed E-state index contributed by atoms with van der Waals surface area (Å²) >= 11 is 0. The van der Waals surface area contributed by atoms with E-state index in [1.54, 1.807) is 26.0 Å². The van der Waals surface area contributed by atoms with Crippen molar-refractivity contribution >= 4 is 26.9 Å². The average molecular weight is 471 g/mol. The van der Waals surface area contributed by atoms with E-state index in [0.29, 0.717) is 17.9 Å². The third kappa shape index (κ3) is 6.15. The van der Waals surface area contributed by atoms with Gasteiger partial charge in [-0.25, -0.2) is 13.1 Å². The number of sulfonamides is 1. The molecule has 0 unspecified atom stereocenters. The zero-order valence-electron chi connectivity index (χ0n) is 19.0. The highest BCUT2D eigenvalue weighted by molar-refractivity contribution is 7.88. The summed E-state index contributed by atoms with van der Waals surface area (Å²) in [6.07, 6.45) is 4.33. The predicted octanol–water partition coefficient (Wildman–Crippen LogP) is 3.83. The number of amides is 1. The summed E-state index contributed by atoms with van der Waals surface area (Å²) in [5.41, 5.74) is 3.71. The summed E-state index contributed by atoms with van der Waals surface area (Å²) in [4.78, 5) is 12.3. The van der Waals surface area contributed by atoms with Gasteiger partial charge in [0.05, 0.1) is 5.75 Å². The van der Waals surface area contributed by atoms with Crippen molar-refractivity contribution in [3.8, 4) is 5.75 Å². The van der Waals surface area contributed by atoms with Gasteiger partial charge in [-0.1, -0.05) is 24.3 Å². The van der Waals surface area contributed by atoms with Crippen molar-refractivity contribution < 1.29 is 22.4 Å². The molecular weight excluding hydrogens is 440 g/mol. The van der Waals surface area contributed by atoms with Crippen molar-refractivity contribution in [2.75, 3.05) is 6.61 Å². The number of furan rings is 1. The van der Waals surface area contributed by atoms with Crippen LogP contribution in [0.4, 0.5) is 0 Å². The van der Waals surface area contributed by atoms with Gasteiger partial charge >= 0.3 is 0 Å². The first kappa shape index (κ1) is 23.3. The molecule has 1 aliphatic rings. The first-order valence-corrected chi connectivity index (χ1v) is 13.0. The van der Waals surface area contributed by atoms with E-state index in [4.69, 9.17) is 9.15 Å². The number of hydrogen-bond donors (Lipinski definition) is 2. The number of nitrogens with one attached hydrogen (secondary N) is 2. The lowest BCUT2D eigenvalue weighted by Crippen LogP contribution is -2.31. The van der Waals surface area contributed by atoms with Gasteiger partial charge in [-0.3, -0.25) is 4.79 Å². The summed E-state index contributed by atoms with van der Waals surface area (Å²) in [5.74, 6) is 1.42. The highest BCUT2D eigenvalue weighted by Gasteiger charge is 2.18. The average Bonchev–Trinajstić information content (AvgIpc) is 3.14. The van der Waals surface area contributed by atoms with Gasteiger partial charge < -0.3 is 14.5 Å². The van der Waals surface area contributed by atoms with Crippen LogP contribution in [0.3, 0.4) is 0 Å². The van der Waals surface area contributed by atoms with Gasteiger partial charge in [-0.15, -0.1) is 0 Å². The molecule has 2 aromatic carbocycles. The number of aryl methyl sites for hydroxylation is 2. The molecule has 0 saturated heterocycles. The fourth-order valence-corrected chi connectivity index (χ4v) is 5.54. The highest BCUT2D eigenvalue weighted by atomic mass is 32.2. The topological polar surface area (TPSA) is 97.6 Å². The summed E-state index contributed by atoms with van der Waals surface area (Å²) in [7, 11) is -3.36. The lowest BCUT2D eigenvalue weighted by Gasteiger charge is -2.11. The van der Waals surface area contributed by atoms with Crippen LogP contribution in [0.15, 0.2) is 46.9 Å². The second-order valence-corrected chi connectivity index (χ2v) is 10.5. The summed E-state index contributed by atoms with van der Waals surface area (Å²) in [5, 5.41) is 3.91. The Balaban J connectivity index is 1.27. The fourth-order valence-electron chi connectivity index (χ4n) is 4.11. The highest BCUT2D eigenvalue weighted by Crippen LogP contribution is 2.33. The van der Waals surface area contributed by atoms with Gasteiger partial charge in [0.1, 0.15) is 17.1 Å². The van der Waals surface area contributed by atoms with Crippen LogP contribution in [-0.4, -0.2) is 27.0 Å². The zero-order valence-corrected chi connectivity index (χ0v) is 19.8. The number of hydrogen-bond acceptors (Lipinski definition) is 5. The molecule has 1 amide bonds. The number of fused-ring (bicyclic) bond motifs is 3. The summed E-state index contributed by atoms with van der Waals surface area (Å²) < 4.78 is 38.3. The van der Waals surface area contributed by atoms with E-state index >= 15 is 0 Å². The SMILES string of the molecule is CC(C)NS(=O)(=O)Cc1ccc(CNC(=O)COc2ccc3oc4c(c3c2)CCCC4)cc1. The molecule has 0 spiro atoms. The molecule has 33 heavy (non-hydrogen) atoms. The molecule has 0 radical (unpaired) electrons. The molecule has 0 fully saturated rings. The molecule has 0 bridgehead atoms. The second-order valence-electron chi connectivity index (χ2n) is 8.78. The summed E-state index contributed by atoms with van der Waals surface area (Å²) in [6, 6.07) is 12.7. The molecule has 0 saturated carbocycles. The Hall–Kier alpha value is -2.84. The number of benzene rings is 2. The number of carbonyl (C=O) groups is 1. The van der Waals surface area contributed by atoms with Crippen molar-refractivity contribution in [1.29, 1.82) is 0 Å². The van der Waals surface area contributed by atoms with Crippen LogP contribution in [0.2, 0.25) is 0 Å². The molecule has 176 valence electrons. The minimum Gasteiger partial charge on any atom is -0.484 e. The molecule has 1 aliphatic carbocycles. The molecular formula is C25H30N2O5S. The van der Waals surface area contributed by atoms with E-state index in [1.165, 1.54) is 12.0 Å². The van der Waals surface area contributed by atoms with Gasteiger partial charge in [0.15, 0.2) is 6.61 Å². The molecule has 0 aliphatic heterocycles. The normalized spacial score (nSPS) is 13.8. The van der Waals surface area contributed by atoms with Crippen molar-refractivity contribution in [3.05, 3.63) is 64.9 Å². The maximum atomic E-state index is 12.3. The lowest BCUT2D eigenvalue weighted by molar-refractivity contribution is -0.123. The van der Waals surface area contributed by atoms with Gasteiger partial charge in [0, 0.05) is 30.0 Å². The van der Waals surface area contributed by atoms with Crippen LogP contribution in [0.1, 0.15) is 49.1 Å². The van der Waals surface area contributed by atoms with Crippen LogP contribution in [0, 0.1) is 0 Å². The van der Waals surface area contributed by atoms with Crippen molar-refractivity contribution in [3.63, 3.8) is 0 Å². The quantitative estimate of drug-likeness (QED) is 0.495. The largest absolute Gasteiger partial charge is 0.484 e. The van der Waals surface area contributed by atoms with Crippen LogP contribution in [-0.2, 0) is 40.0 Å². The van der Waals surface area contributed by atoms with Crippen LogP contribution in [0.5, 0.6) is 5.75 Å². The van der Waals surface area contributed by atoms with Crippen LogP contribution in [0.25, 0.3) is 11.0 Å². The van der Waals surface area contributed by atoms with E-state index < -0.39 is 10.0 Å². The minimum absolute atomic E-state index is 0.0735. The molecule has 7 nitrogen and oxygen atoms in total. The number of rotatable bonds is 9. The Bertz CT molecular complexity index is 1230. The Labute approximate surface area is 194 Å². The second kappa shape index (κ2) is 9.97. The van der Waals surface area contributed by atoms with Crippen LogP contribution >= 0.6 is 0 Å². The van der Waals surface area contributed by atoms with E-state index in [-0.39, 0.29) is 24.3 Å². The van der Waals surface area contributed by atoms with Crippen LogP contribution < -0.4 is 14.8 Å². The molecule has 1 aromatic heterocycles. The maximum Gasteiger partial charge on any atom is 0.258 e. The third-order valence-corrected chi connectivity index (χ3v) is 7.12. The van der Waals surface area contributed by atoms with Gasteiger partial charge in [-0.05, 0) is 62.4 Å². The molecule has 1 heterocycles. The molecule has 2 N–H and O–H groups in total. The maximum absolute atomic E-state index is 12.3. The van der Waals surface area contributed by atoms with E-state index in [2.05, 4.69) is 10.0 Å². The van der Waals surface area contributed by atoms with Crippen molar-refractivity contribution in [2.45, 2.75) is 57.9 Å². The first-order chi connectivity index (χ1) is 15.8. The third-order valence-electron chi connectivity index (χ3n) is 5.58. The lowest BCUT2D eigenvalue weighted by atomic mass is 9.96. The minimum atomic E-state index is -3.36. The Morgan fingerprint density at radius 1 is 1.06 bits per heavy atom. The van der Waals surface area contributed by atoms with E-state index in [0.717, 1.165) is 41.6 Å². The standard InChI is InChI=1S/C25H30N2O5S/c1-17(2)27-33(29,30)16-19-9-7-18(8-10-19)14-26-25(28)15-31-20-11-12-24-22(13-20)21-5-3-4-6-23(21)32-24/h7-13,17,27H,3-6,14-16H2,1-2H3,(H,26,28). The predicted molar refractivity (Wildman–Crippen MR) is 128 cm³/mol. The van der Waals surface area contributed by atoms with E-state index in [1.807, 2.05) is 30.3 Å². The van der Waals surface area contributed by atoms with Crippen molar-refractivity contribution in [1.82, 2.24) is 10.0 Å². The Morgan fingerprint density at radius 2 is 1.79 bits per heavy atom. The van der Waals surface area contributed by atoms with E-state index in [9.17, 15) is 13.2 Å². The Morgan fingerprint density at radius 3 is 2.55 bits per heavy atom. The number of carbonyl (C=O) groups excluding carboxylic acids is 1. The smallest absolute Gasteiger partial charge is 0.258 e. The number of ether oxygens (including phenoxy) is 1. The molecule has 8 heteroatoms. The first-order valence-electron chi connectivity index (χ1n) is 11.3. The molecule has 4 rings (SSSR count). The van der Waals surface area contributed by atoms with Gasteiger partial charge in [-0.2, -0.15) is 0 Å². The summed E-state index contributed by atoms with van der Waals surface area (Å²) in [6.45, 7) is 3.84. The Kier molecular flexibility index (Phi) is 7.05. The fraction of sp³-hybridized carbons (Fsp3) is 0.400. The zero-order chi connectivity index (χ0) is 23.4.